The van der Waals surface area contributed by atoms with Crippen LogP contribution in [0.5, 0.6) is 0 Å². The molecule has 1 aromatic rings. The summed E-state index contributed by atoms with van der Waals surface area (Å²) in [7, 11) is -0.540. The molecule has 0 bridgehead atoms. The number of nitro groups is 1. The number of hydrogen-bond acceptors (Lipinski definition) is 5. The van der Waals surface area contributed by atoms with Crippen molar-refractivity contribution in [1.82, 2.24) is 4.98 Å². The van der Waals surface area contributed by atoms with Crippen molar-refractivity contribution in [2.24, 2.45) is 0 Å². The summed E-state index contributed by atoms with van der Waals surface area (Å²) < 4.78 is 11.6. The first kappa shape index (κ1) is 14.7. The number of rotatable bonds is 3. The molecule has 0 spiro atoms. The molecule has 0 N–H and O–H groups in total. The highest BCUT2D eigenvalue weighted by molar-refractivity contribution is 6.52. The summed E-state index contributed by atoms with van der Waals surface area (Å²) >= 11 is 0. The average Bonchev–Trinajstić information content (AvgIpc) is 2.55. The second-order valence-electron chi connectivity index (χ2n) is 5.65. The van der Waals surface area contributed by atoms with Crippen molar-refractivity contribution >= 4 is 18.9 Å². The molecule has 0 atom stereocenters. The van der Waals surface area contributed by atoms with E-state index in [1.165, 1.54) is 18.3 Å². The molecule has 1 fully saturated rings. The second kappa shape index (κ2) is 4.99. The van der Waals surface area contributed by atoms with Crippen LogP contribution >= 0.6 is 0 Å². The van der Waals surface area contributed by atoms with Crippen molar-refractivity contribution in [1.29, 1.82) is 0 Å². The van der Waals surface area contributed by atoms with E-state index in [2.05, 4.69) is 4.98 Å². The van der Waals surface area contributed by atoms with Crippen molar-refractivity contribution in [2.45, 2.75) is 38.9 Å². The molecule has 0 amide bonds. The van der Waals surface area contributed by atoms with Gasteiger partial charge in [0.1, 0.15) is 5.69 Å². The van der Waals surface area contributed by atoms with E-state index in [1.54, 1.807) is 12.1 Å². The van der Waals surface area contributed by atoms with Crippen molar-refractivity contribution < 1.29 is 14.2 Å². The van der Waals surface area contributed by atoms with Gasteiger partial charge in [0.05, 0.1) is 16.1 Å². The summed E-state index contributed by atoms with van der Waals surface area (Å²) in [5.74, 6) is 1.64. The normalized spacial score (nSPS) is 20.5. The summed E-state index contributed by atoms with van der Waals surface area (Å²) in [6, 6.07) is 2.95. The highest BCUT2D eigenvalue weighted by Gasteiger charge is 2.50. The van der Waals surface area contributed by atoms with Crippen LogP contribution in [0.3, 0.4) is 0 Å². The monoisotopic (exact) mass is 276 g/mol. The highest BCUT2D eigenvalue weighted by atomic mass is 16.7. The zero-order valence-electron chi connectivity index (χ0n) is 12.0. The van der Waals surface area contributed by atoms with Crippen LogP contribution in [-0.4, -0.2) is 28.2 Å². The number of hydrogen-bond donors (Lipinski definition) is 0. The average molecular weight is 276 g/mol. The Morgan fingerprint density at radius 3 is 2.45 bits per heavy atom. The van der Waals surface area contributed by atoms with Gasteiger partial charge in [-0.15, -0.1) is 0 Å². The van der Waals surface area contributed by atoms with E-state index in [-0.39, 0.29) is 11.4 Å². The molecule has 0 radical (unpaired) electrons. The van der Waals surface area contributed by atoms with Crippen LogP contribution in [0.25, 0.3) is 6.08 Å². The van der Waals surface area contributed by atoms with Crippen molar-refractivity contribution in [3.05, 3.63) is 40.1 Å². The minimum absolute atomic E-state index is 0.0414. The highest BCUT2D eigenvalue weighted by Crippen LogP contribution is 2.37. The van der Waals surface area contributed by atoms with Crippen LogP contribution < -0.4 is 0 Å². The molecule has 1 aliphatic heterocycles. The zero-order chi connectivity index (χ0) is 15.0. The first-order chi connectivity index (χ1) is 9.23. The Balaban J connectivity index is 2.18. The molecule has 106 valence electrons. The van der Waals surface area contributed by atoms with E-state index < -0.39 is 23.2 Å². The number of pyridine rings is 1. The van der Waals surface area contributed by atoms with Gasteiger partial charge in [0, 0.05) is 12.3 Å². The maximum atomic E-state index is 10.9. The summed E-state index contributed by atoms with van der Waals surface area (Å²) in [6.45, 7) is 7.79. The maximum absolute atomic E-state index is 10.9. The minimum Gasteiger partial charge on any atom is -0.400 e. The van der Waals surface area contributed by atoms with Gasteiger partial charge in [-0.25, -0.2) is 4.98 Å². The molecule has 20 heavy (non-hydrogen) atoms. The van der Waals surface area contributed by atoms with Gasteiger partial charge in [0.15, 0.2) is 0 Å². The number of aromatic nitrogens is 1. The third kappa shape index (κ3) is 2.73. The first-order valence-corrected chi connectivity index (χ1v) is 6.36. The molecular weight excluding hydrogens is 259 g/mol. The Bertz CT molecular complexity index is 541. The molecule has 0 saturated carbocycles. The Labute approximate surface area is 118 Å². The fourth-order valence-electron chi connectivity index (χ4n) is 1.83. The van der Waals surface area contributed by atoms with Crippen LogP contribution in [-0.2, 0) is 9.31 Å². The predicted molar refractivity (Wildman–Crippen MR) is 76.0 cm³/mol. The van der Waals surface area contributed by atoms with Crippen molar-refractivity contribution in [2.75, 3.05) is 0 Å². The standard InChI is InChI=1S/C13H17BN2O4/c1-12(2)13(3,4)20-14(19-12)8-7-10-11(16(17)18)6-5-9-15-10/h5-9H,1-4H3/b8-7+. The molecule has 1 aliphatic rings. The molecule has 7 heteroatoms. The van der Waals surface area contributed by atoms with Crippen LogP contribution in [0.2, 0.25) is 0 Å². The first-order valence-electron chi connectivity index (χ1n) is 6.36. The molecule has 6 nitrogen and oxygen atoms in total. The fourth-order valence-corrected chi connectivity index (χ4v) is 1.83. The fraction of sp³-hybridized carbons (Fsp3) is 0.462. The molecule has 0 aromatic carbocycles. The summed E-state index contributed by atoms with van der Waals surface area (Å²) in [6.07, 6.45) is 3.07. The van der Waals surface area contributed by atoms with Crippen molar-refractivity contribution in [3.63, 3.8) is 0 Å². The van der Waals surface area contributed by atoms with E-state index in [1.807, 2.05) is 27.7 Å². The van der Waals surface area contributed by atoms with Crippen LogP contribution in [0, 0.1) is 10.1 Å². The van der Waals surface area contributed by atoms with Gasteiger partial charge in [-0.3, -0.25) is 10.1 Å². The Hall–Kier alpha value is -1.73. The van der Waals surface area contributed by atoms with Crippen LogP contribution in [0.4, 0.5) is 5.69 Å². The molecule has 1 aromatic heterocycles. The smallest absolute Gasteiger partial charge is 0.400 e. The van der Waals surface area contributed by atoms with E-state index in [9.17, 15) is 10.1 Å². The quantitative estimate of drug-likeness (QED) is 0.482. The van der Waals surface area contributed by atoms with Gasteiger partial charge in [-0.1, -0.05) is 5.98 Å². The third-order valence-corrected chi connectivity index (χ3v) is 3.70. The summed E-state index contributed by atoms with van der Waals surface area (Å²) in [4.78, 5) is 14.4. The van der Waals surface area contributed by atoms with Crippen molar-refractivity contribution in [3.8, 4) is 0 Å². The van der Waals surface area contributed by atoms with E-state index in [0.717, 1.165) is 0 Å². The van der Waals surface area contributed by atoms with E-state index in [0.29, 0.717) is 0 Å². The lowest BCUT2D eigenvalue weighted by atomic mass is 9.89. The zero-order valence-corrected chi connectivity index (χ0v) is 12.0. The lowest BCUT2D eigenvalue weighted by Crippen LogP contribution is -2.41. The third-order valence-electron chi connectivity index (χ3n) is 3.70. The van der Waals surface area contributed by atoms with Gasteiger partial charge in [-0.2, -0.15) is 0 Å². The van der Waals surface area contributed by atoms with Gasteiger partial charge in [0.25, 0.3) is 5.69 Å². The largest absolute Gasteiger partial charge is 0.487 e. The maximum Gasteiger partial charge on any atom is 0.487 e. The molecule has 0 unspecified atom stereocenters. The number of nitrogens with zero attached hydrogens (tertiary/aromatic N) is 2. The lowest BCUT2D eigenvalue weighted by Gasteiger charge is -2.32. The topological polar surface area (TPSA) is 74.5 Å². The van der Waals surface area contributed by atoms with E-state index >= 15 is 0 Å². The predicted octanol–water partition coefficient (Wildman–Crippen LogP) is 2.63. The lowest BCUT2D eigenvalue weighted by molar-refractivity contribution is -0.385. The van der Waals surface area contributed by atoms with Gasteiger partial charge < -0.3 is 9.31 Å². The molecule has 0 aliphatic carbocycles. The van der Waals surface area contributed by atoms with Gasteiger partial charge in [0.2, 0.25) is 0 Å². The molecule has 2 heterocycles. The van der Waals surface area contributed by atoms with Gasteiger partial charge >= 0.3 is 7.12 Å². The van der Waals surface area contributed by atoms with Crippen LogP contribution in [0.15, 0.2) is 24.3 Å². The van der Waals surface area contributed by atoms with Gasteiger partial charge in [-0.05, 0) is 39.8 Å². The SMILES string of the molecule is CC1(C)OB(/C=C/c2ncccc2[N+](=O)[O-])OC1(C)C. The minimum atomic E-state index is -0.540. The molecule has 1 saturated heterocycles. The Kier molecular flexibility index (Phi) is 3.66. The Morgan fingerprint density at radius 1 is 1.30 bits per heavy atom. The van der Waals surface area contributed by atoms with Crippen LogP contribution in [0.1, 0.15) is 33.4 Å². The summed E-state index contributed by atoms with van der Waals surface area (Å²) in [5, 5.41) is 10.9. The molecule has 2 rings (SSSR count). The Morgan fingerprint density at radius 2 is 1.90 bits per heavy atom. The summed E-state index contributed by atoms with van der Waals surface area (Å²) in [5.41, 5.74) is -0.622. The second-order valence-corrected chi connectivity index (χ2v) is 5.65. The molecular formula is C13H17BN2O4. The van der Waals surface area contributed by atoms with E-state index in [4.69, 9.17) is 9.31 Å².